The fraction of sp³-hybridized carbons (Fsp3) is 0.786. The highest BCUT2D eigenvalue weighted by Gasteiger charge is 2.44. The Morgan fingerprint density at radius 2 is 1.33 bits per heavy atom. The molecule has 258 valence electrons. The van der Waals surface area contributed by atoms with Crippen LogP contribution in [0.5, 0.6) is 0 Å². The molecular weight excluding hydrogens is 598 g/mol. The number of hydrogen-bond acceptors (Lipinski definition) is 12. The summed E-state index contributed by atoms with van der Waals surface area (Å²) in [7, 11) is 2.01. The van der Waals surface area contributed by atoms with E-state index in [1.807, 2.05) is 34.7 Å². The molecule has 17 heteroatoms. The van der Waals surface area contributed by atoms with Gasteiger partial charge in [-0.25, -0.2) is 4.79 Å². The third kappa shape index (κ3) is 15.0. The van der Waals surface area contributed by atoms with Crippen molar-refractivity contribution >= 4 is 35.8 Å². The van der Waals surface area contributed by atoms with Gasteiger partial charge in [0.2, 0.25) is 0 Å². The quantitative estimate of drug-likeness (QED) is 0.0456. The van der Waals surface area contributed by atoms with Crippen LogP contribution in [0, 0.1) is 0 Å². The fourth-order valence-electron chi connectivity index (χ4n) is 5.83. The van der Waals surface area contributed by atoms with Gasteiger partial charge in [-0.15, -0.1) is 0 Å². The molecule has 1 aliphatic rings. The van der Waals surface area contributed by atoms with Crippen molar-refractivity contribution in [3.05, 3.63) is 0 Å². The van der Waals surface area contributed by atoms with E-state index in [2.05, 4.69) is 10.2 Å². The monoisotopic (exact) mass is 647 g/mol. The predicted octanol–water partition coefficient (Wildman–Crippen LogP) is -2.72. The molecule has 0 radical (unpaired) electrons. The number of rotatable bonds is 22. The summed E-state index contributed by atoms with van der Waals surface area (Å²) in [5.74, 6) is -7.08. The lowest BCUT2D eigenvalue weighted by Crippen LogP contribution is -2.61. The molecule has 0 saturated carbocycles. The largest absolute Gasteiger partial charge is 0.544 e. The zero-order valence-corrected chi connectivity index (χ0v) is 26.8. The molecule has 0 amide bonds. The van der Waals surface area contributed by atoms with Crippen LogP contribution in [0.3, 0.4) is 0 Å². The number of carboxylic acids is 5. The first-order valence-corrected chi connectivity index (χ1v) is 14.7. The van der Waals surface area contributed by atoms with Crippen LogP contribution in [-0.2, 0) is 33.5 Å². The molecule has 1 rings (SSSR count). The second kappa shape index (κ2) is 17.4. The van der Waals surface area contributed by atoms with E-state index in [0.717, 1.165) is 0 Å². The molecule has 5 N–H and O–H groups in total. The smallest absolute Gasteiger partial charge is 0.359 e. The molecule has 0 bridgehead atoms. The van der Waals surface area contributed by atoms with Crippen LogP contribution in [-0.4, -0.2) is 178 Å². The third-order valence-corrected chi connectivity index (χ3v) is 8.24. The van der Waals surface area contributed by atoms with Gasteiger partial charge in [0.25, 0.3) is 0 Å². The minimum Gasteiger partial charge on any atom is -0.544 e. The Morgan fingerprint density at radius 3 is 1.82 bits per heavy atom. The summed E-state index contributed by atoms with van der Waals surface area (Å²) in [6, 6.07) is 0. The first-order valence-electron chi connectivity index (χ1n) is 14.7. The Kier molecular flexibility index (Phi) is 15.3. The highest BCUT2D eigenvalue weighted by atomic mass is 16.5. The normalized spacial score (nSPS) is 17.9. The Bertz CT molecular complexity index is 1030. The summed E-state index contributed by atoms with van der Waals surface area (Å²) in [5.41, 5.74) is -0.496. The van der Waals surface area contributed by atoms with Gasteiger partial charge in [0.05, 0.1) is 45.2 Å². The van der Waals surface area contributed by atoms with E-state index in [1.54, 1.807) is 0 Å². The summed E-state index contributed by atoms with van der Waals surface area (Å²) >= 11 is 0. The van der Waals surface area contributed by atoms with E-state index in [4.69, 9.17) is 9.84 Å². The number of aliphatic carboxylic acids is 5. The van der Waals surface area contributed by atoms with Gasteiger partial charge in [-0.3, -0.25) is 33.9 Å². The summed E-state index contributed by atoms with van der Waals surface area (Å²) < 4.78 is 5.19. The highest BCUT2D eigenvalue weighted by molar-refractivity contribution is 5.74. The van der Waals surface area contributed by atoms with Crippen molar-refractivity contribution in [1.29, 1.82) is 0 Å². The number of likely N-dealkylation sites (tertiary alicyclic amines) is 1. The average Bonchev–Trinajstić information content (AvgIpc) is 2.84. The summed E-state index contributed by atoms with van der Waals surface area (Å²) in [6.07, 6.45) is 0.776. The lowest BCUT2D eigenvalue weighted by Gasteiger charge is -2.53. The van der Waals surface area contributed by atoms with Crippen LogP contribution in [0.4, 0.5) is 0 Å². The number of carboxylic acid groups (broad SMARTS) is 5. The van der Waals surface area contributed by atoms with Crippen LogP contribution in [0.15, 0.2) is 0 Å². The Hall–Kier alpha value is -3.38. The number of piperidine rings is 1. The molecule has 0 aromatic rings. The first kappa shape index (κ1) is 39.6. The lowest BCUT2D eigenvalue weighted by atomic mass is 9.79. The molecule has 0 aromatic heterocycles. The second-order valence-electron chi connectivity index (χ2n) is 12.9. The van der Waals surface area contributed by atoms with Crippen molar-refractivity contribution in [2.75, 3.05) is 85.6 Å². The van der Waals surface area contributed by atoms with E-state index in [1.165, 1.54) is 9.80 Å². The van der Waals surface area contributed by atoms with Gasteiger partial charge in [-0.1, -0.05) is 0 Å². The number of carbonyl (C=O) groups excluding carboxylic acids is 2. The molecule has 0 spiro atoms. The summed E-state index contributed by atoms with van der Waals surface area (Å²) in [5, 5.41) is 51.4. The standard InChI is InChI=1S/C28H49N5O12/c1-27(2)12-20(13-28(3,4)30(27)5)45-26(44)17-32(16-23(38)39)8-7-31(15-22(36)37)9-11-33(18-24(40)41,19-25(42)43)10-6-29-14-21(34)35/h20,29H,6-19H2,1-5H3,(H4-,34,35,36,37,38,39,40,41,42,43). The topological polar surface area (TPSA) is 237 Å². The molecule has 1 fully saturated rings. The van der Waals surface area contributed by atoms with E-state index in [-0.39, 0.29) is 63.0 Å². The molecule has 1 aliphatic heterocycles. The second-order valence-corrected chi connectivity index (χ2v) is 12.9. The Labute approximate surface area is 262 Å². The Balaban J connectivity index is 3.01. The summed E-state index contributed by atoms with van der Waals surface area (Å²) in [6.45, 7) is 4.49. The number of ether oxygens (including phenoxy) is 1. The third-order valence-electron chi connectivity index (χ3n) is 8.24. The van der Waals surface area contributed by atoms with Crippen LogP contribution in [0.2, 0.25) is 0 Å². The summed E-state index contributed by atoms with van der Waals surface area (Å²) in [4.78, 5) is 75.1. The van der Waals surface area contributed by atoms with Gasteiger partial charge < -0.3 is 44.9 Å². The predicted molar refractivity (Wildman–Crippen MR) is 156 cm³/mol. The van der Waals surface area contributed by atoms with E-state index in [9.17, 15) is 49.2 Å². The number of nitrogens with one attached hydrogen (secondary N) is 1. The van der Waals surface area contributed by atoms with Gasteiger partial charge in [-0.2, -0.15) is 0 Å². The minimum absolute atomic E-state index is 0.0358. The van der Waals surface area contributed by atoms with Crippen molar-refractivity contribution in [1.82, 2.24) is 20.0 Å². The molecule has 0 aliphatic carbocycles. The van der Waals surface area contributed by atoms with Crippen molar-refractivity contribution in [3.8, 4) is 0 Å². The lowest BCUT2D eigenvalue weighted by molar-refractivity contribution is -0.914. The molecule has 45 heavy (non-hydrogen) atoms. The van der Waals surface area contributed by atoms with Gasteiger partial charge >= 0.3 is 29.8 Å². The van der Waals surface area contributed by atoms with E-state index >= 15 is 0 Å². The van der Waals surface area contributed by atoms with Crippen molar-refractivity contribution in [3.63, 3.8) is 0 Å². The number of hydrogen-bond donors (Lipinski definition) is 5. The molecule has 1 heterocycles. The molecule has 0 aromatic carbocycles. The fourth-order valence-corrected chi connectivity index (χ4v) is 5.83. The van der Waals surface area contributed by atoms with Gasteiger partial charge in [0.15, 0.2) is 6.54 Å². The maximum Gasteiger partial charge on any atom is 0.359 e. The van der Waals surface area contributed by atoms with E-state index < -0.39 is 73.0 Å². The zero-order chi connectivity index (χ0) is 34.6. The van der Waals surface area contributed by atoms with Gasteiger partial charge in [-0.05, 0) is 34.7 Å². The zero-order valence-electron chi connectivity index (χ0n) is 26.8. The molecule has 1 unspecified atom stereocenters. The van der Waals surface area contributed by atoms with Crippen LogP contribution < -0.4 is 10.4 Å². The number of esters is 1. The molecule has 17 nitrogen and oxygen atoms in total. The van der Waals surface area contributed by atoms with Crippen LogP contribution in [0.25, 0.3) is 0 Å². The van der Waals surface area contributed by atoms with Crippen molar-refractivity contribution < 1.29 is 63.5 Å². The number of nitrogens with zero attached hydrogens (tertiary/aromatic N) is 4. The Morgan fingerprint density at radius 1 is 0.800 bits per heavy atom. The van der Waals surface area contributed by atoms with Gasteiger partial charge in [0.1, 0.15) is 12.6 Å². The van der Waals surface area contributed by atoms with E-state index in [0.29, 0.717) is 12.8 Å². The van der Waals surface area contributed by atoms with Crippen LogP contribution >= 0.6 is 0 Å². The maximum atomic E-state index is 12.9. The average molecular weight is 648 g/mol. The maximum absolute atomic E-state index is 12.9. The molecule has 1 saturated heterocycles. The van der Waals surface area contributed by atoms with Crippen molar-refractivity contribution in [2.45, 2.75) is 57.7 Å². The van der Waals surface area contributed by atoms with Gasteiger partial charge in [0, 0.05) is 50.1 Å². The molecular formula is C28H49N5O12. The highest BCUT2D eigenvalue weighted by Crippen LogP contribution is 2.38. The van der Waals surface area contributed by atoms with Crippen molar-refractivity contribution in [2.24, 2.45) is 0 Å². The molecule has 1 atom stereocenters. The first-order chi connectivity index (χ1) is 20.7. The minimum atomic E-state index is -1.54. The SMILES string of the molecule is CN1C(C)(C)CC(OC(=O)CN(CCN(CC[N+](CCNCC(=O)O)(CC(=O)[O-])CC(=O)O)CC(=O)O)CC(=O)O)CC1(C)C. The van der Waals surface area contributed by atoms with Crippen LogP contribution in [0.1, 0.15) is 40.5 Å². The number of carbonyl (C=O) groups is 6. The number of quaternary nitrogens is 1.